The molecule has 7 heteroatoms. The maximum absolute atomic E-state index is 12.1. The first-order chi connectivity index (χ1) is 12.1. The zero-order valence-corrected chi connectivity index (χ0v) is 14.7. The van der Waals surface area contributed by atoms with E-state index in [1.54, 1.807) is 43.5 Å². The molecule has 4 rings (SSSR count). The van der Waals surface area contributed by atoms with Gasteiger partial charge in [0.25, 0.3) is 0 Å². The van der Waals surface area contributed by atoms with Gasteiger partial charge in [-0.1, -0.05) is 6.07 Å². The van der Waals surface area contributed by atoms with E-state index in [4.69, 9.17) is 18.9 Å². The van der Waals surface area contributed by atoms with Crippen LogP contribution in [0.1, 0.15) is 11.1 Å². The molecule has 25 heavy (non-hydrogen) atoms. The van der Waals surface area contributed by atoms with Crippen molar-refractivity contribution in [2.75, 3.05) is 13.9 Å². The molecule has 0 saturated heterocycles. The van der Waals surface area contributed by atoms with Crippen molar-refractivity contribution in [2.45, 2.75) is 0 Å². The number of ether oxygens (including phenoxy) is 4. The number of hydrogen-bond acceptors (Lipinski definition) is 6. The number of esters is 1. The Morgan fingerprint density at radius 2 is 2.00 bits per heavy atom. The molecular formula is C18H12BrNO5. The molecule has 2 heterocycles. The lowest BCUT2D eigenvalue weighted by molar-refractivity contribution is -0.129. The number of benzene rings is 2. The second-order valence-corrected chi connectivity index (χ2v) is 6.15. The molecule has 2 aromatic rings. The smallest absolute Gasteiger partial charge is 0.363 e. The Kier molecular flexibility index (Phi) is 3.93. The van der Waals surface area contributed by atoms with Gasteiger partial charge in [-0.3, -0.25) is 0 Å². The quantitative estimate of drug-likeness (QED) is 0.581. The number of hydrogen-bond donors (Lipinski definition) is 0. The number of fused-ring (bicyclic) bond motifs is 1. The van der Waals surface area contributed by atoms with Gasteiger partial charge in [0, 0.05) is 5.56 Å². The molecule has 0 atom stereocenters. The number of carbonyl (C=O) groups is 1. The Morgan fingerprint density at radius 3 is 2.80 bits per heavy atom. The summed E-state index contributed by atoms with van der Waals surface area (Å²) >= 11 is 3.41. The van der Waals surface area contributed by atoms with Crippen LogP contribution >= 0.6 is 15.9 Å². The van der Waals surface area contributed by atoms with Crippen molar-refractivity contribution in [3.8, 4) is 17.2 Å². The van der Waals surface area contributed by atoms with Gasteiger partial charge in [0.15, 0.2) is 17.2 Å². The molecule has 0 unspecified atom stereocenters. The highest BCUT2D eigenvalue weighted by Gasteiger charge is 2.25. The third-order valence-electron chi connectivity index (χ3n) is 3.72. The second-order valence-electron chi connectivity index (χ2n) is 5.30. The van der Waals surface area contributed by atoms with Gasteiger partial charge in [0.2, 0.25) is 12.7 Å². The first-order valence-corrected chi connectivity index (χ1v) is 8.19. The summed E-state index contributed by atoms with van der Waals surface area (Å²) in [4.78, 5) is 16.4. The van der Waals surface area contributed by atoms with E-state index in [1.807, 2.05) is 6.07 Å². The standard InChI is InChI=1S/C18H12BrNO5/c1-22-14-5-3-11(8-12(14)19)17-20-13(18(21)25-17)6-10-2-4-15-16(7-10)24-9-23-15/h2-8H,9H2,1H3/b13-6+. The first kappa shape index (κ1) is 15.7. The molecule has 0 bridgehead atoms. The maximum Gasteiger partial charge on any atom is 0.363 e. The zero-order valence-electron chi connectivity index (χ0n) is 13.1. The fourth-order valence-corrected chi connectivity index (χ4v) is 3.03. The van der Waals surface area contributed by atoms with Gasteiger partial charge in [-0.05, 0) is 57.9 Å². The molecule has 2 aliphatic rings. The summed E-state index contributed by atoms with van der Waals surface area (Å²) in [5.41, 5.74) is 1.67. The number of aliphatic imine (C=N–C) groups is 1. The SMILES string of the molecule is COc1ccc(C2=N/C(=C/c3ccc4c(c3)OCO4)C(=O)O2)cc1Br. The molecule has 0 amide bonds. The van der Waals surface area contributed by atoms with Gasteiger partial charge in [-0.15, -0.1) is 0 Å². The monoisotopic (exact) mass is 401 g/mol. The molecule has 0 radical (unpaired) electrons. The first-order valence-electron chi connectivity index (χ1n) is 7.40. The van der Waals surface area contributed by atoms with Gasteiger partial charge < -0.3 is 18.9 Å². The van der Waals surface area contributed by atoms with Crippen LogP contribution in [0.5, 0.6) is 17.2 Å². The molecule has 126 valence electrons. The van der Waals surface area contributed by atoms with Crippen molar-refractivity contribution in [1.82, 2.24) is 0 Å². The highest BCUT2D eigenvalue weighted by Crippen LogP contribution is 2.33. The van der Waals surface area contributed by atoms with Crippen molar-refractivity contribution in [3.05, 3.63) is 57.7 Å². The number of cyclic esters (lactones) is 1. The third-order valence-corrected chi connectivity index (χ3v) is 4.34. The van der Waals surface area contributed by atoms with Crippen LogP contribution in [0.4, 0.5) is 0 Å². The van der Waals surface area contributed by atoms with Gasteiger partial charge >= 0.3 is 5.97 Å². The summed E-state index contributed by atoms with van der Waals surface area (Å²) in [6.45, 7) is 0.200. The topological polar surface area (TPSA) is 66.3 Å². The predicted molar refractivity (Wildman–Crippen MR) is 93.9 cm³/mol. The van der Waals surface area contributed by atoms with Crippen LogP contribution in [0.2, 0.25) is 0 Å². The molecule has 0 aliphatic carbocycles. The molecule has 0 saturated carbocycles. The largest absolute Gasteiger partial charge is 0.496 e. The summed E-state index contributed by atoms with van der Waals surface area (Å²) in [5, 5.41) is 0. The van der Waals surface area contributed by atoms with E-state index in [9.17, 15) is 4.79 Å². The highest BCUT2D eigenvalue weighted by atomic mass is 79.9. The number of halogens is 1. The summed E-state index contributed by atoms with van der Waals surface area (Å²) in [5.74, 6) is 1.76. The van der Waals surface area contributed by atoms with Crippen LogP contribution < -0.4 is 14.2 Å². The fraction of sp³-hybridized carbons (Fsp3) is 0.111. The minimum absolute atomic E-state index is 0.200. The Morgan fingerprint density at radius 1 is 1.16 bits per heavy atom. The summed E-state index contributed by atoms with van der Waals surface area (Å²) in [7, 11) is 1.58. The van der Waals surface area contributed by atoms with Crippen molar-refractivity contribution in [1.29, 1.82) is 0 Å². The van der Waals surface area contributed by atoms with Gasteiger partial charge in [0.05, 0.1) is 11.6 Å². The molecule has 0 spiro atoms. The Bertz CT molecular complexity index is 935. The van der Waals surface area contributed by atoms with Crippen molar-refractivity contribution < 1.29 is 23.7 Å². The van der Waals surface area contributed by atoms with Gasteiger partial charge in [-0.2, -0.15) is 0 Å². The average Bonchev–Trinajstić information content (AvgIpc) is 3.21. The van der Waals surface area contributed by atoms with Crippen molar-refractivity contribution in [3.63, 3.8) is 0 Å². The van der Waals surface area contributed by atoms with Crippen LogP contribution in [0.15, 0.2) is 51.6 Å². The van der Waals surface area contributed by atoms with E-state index in [-0.39, 0.29) is 18.4 Å². The second kappa shape index (κ2) is 6.25. The average molecular weight is 402 g/mol. The maximum atomic E-state index is 12.1. The molecule has 0 fully saturated rings. The Hall–Kier alpha value is -2.80. The Balaban J connectivity index is 1.65. The number of nitrogens with zero attached hydrogens (tertiary/aromatic N) is 1. The summed E-state index contributed by atoms with van der Waals surface area (Å²) in [6, 6.07) is 10.7. The van der Waals surface area contributed by atoms with Crippen LogP contribution in [0, 0.1) is 0 Å². The molecular weight excluding hydrogens is 390 g/mol. The van der Waals surface area contributed by atoms with E-state index in [0.717, 1.165) is 10.0 Å². The number of methoxy groups -OCH3 is 1. The molecule has 0 N–H and O–H groups in total. The molecule has 2 aliphatic heterocycles. The van der Waals surface area contributed by atoms with Crippen molar-refractivity contribution in [2.24, 2.45) is 4.99 Å². The lowest BCUT2D eigenvalue weighted by Crippen LogP contribution is -2.05. The molecule has 6 nitrogen and oxygen atoms in total. The minimum atomic E-state index is -0.500. The van der Waals surface area contributed by atoms with Crippen LogP contribution in [0.25, 0.3) is 6.08 Å². The van der Waals surface area contributed by atoms with E-state index in [0.29, 0.717) is 22.8 Å². The van der Waals surface area contributed by atoms with Gasteiger partial charge in [-0.25, -0.2) is 9.79 Å². The minimum Gasteiger partial charge on any atom is -0.496 e. The predicted octanol–water partition coefficient (Wildman–Crippen LogP) is 3.53. The summed E-state index contributed by atoms with van der Waals surface area (Å²) in [6.07, 6.45) is 1.65. The van der Waals surface area contributed by atoms with E-state index < -0.39 is 5.97 Å². The normalized spacial score (nSPS) is 16.8. The number of carbonyl (C=O) groups excluding carboxylic acids is 1. The van der Waals surface area contributed by atoms with E-state index in [2.05, 4.69) is 20.9 Å². The lowest BCUT2D eigenvalue weighted by atomic mass is 10.1. The zero-order chi connectivity index (χ0) is 17.4. The van der Waals surface area contributed by atoms with Crippen LogP contribution in [-0.4, -0.2) is 25.8 Å². The Labute approximate surface area is 151 Å². The fourth-order valence-electron chi connectivity index (χ4n) is 2.49. The molecule has 2 aromatic carbocycles. The van der Waals surface area contributed by atoms with E-state index in [1.165, 1.54) is 0 Å². The lowest BCUT2D eigenvalue weighted by Gasteiger charge is -2.05. The summed E-state index contributed by atoms with van der Waals surface area (Å²) < 4.78 is 21.8. The third kappa shape index (κ3) is 2.98. The van der Waals surface area contributed by atoms with Gasteiger partial charge in [0.1, 0.15) is 5.75 Å². The highest BCUT2D eigenvalue weighted by molar-refractivity contribution is 9.10. The number of rotatable bonds is 3. The van der Waals surface area contributed by atoms with Crippen LogP contribution in [-0.2, 0) is 9.53 Å². The van der Waals surface area contributed by atoms with Crippen LogP contribution in [0.3, 0.4) is 0 Å². The van der Waals surface area contributed by atoms with E-state index >= 15 is 0 Å². The molecule has 0 aromatic heterocycles. The van der Waals surface area contributed by atoms with Crippen molar-refractivity contribution >= 4 is 33.9 Å².